The third kappa shape index (κ3) is 3.49. The number of aryl methyl sites for hydroxylation is 2. The van der Waals surface area contributed by atoms with Gasteiger partial charge in [0.2, 0.25) is 0 Å². The summed E-state index contributed by atoms with van der Waals surface area (Å²) in [5, 5.41) is 4.41. The van der Waals surface area contributed by atoms with Crippen molar-refractivity contribution in [2.45, 2.75) is 33.6 Å². The van der Waals surface area contributed by atoms with Crippen LogP contribution < -0.4 is 0 Å². The van der Waals surface area contributed by atoms with E-state index in [9.17, 15) is 0 Å². The molecule has 0 saturated heterocycles. The van der Waals surface area contributed by atoms with Crippen molar-refractivity contribution < 1.29 is 0 Å². The smallest absolute Gasteiger partial charge is 0.138 e. The van der Waals surface area contributed by atoms with Gasteiger partial charge in [-0.25, -0.2) is 0 Å². The van der Waals surface area contributed by atoms with Crippen molar-refractivity contribution >= 4 is 28.3 Å². The summed E-state index contributed by atoms with van der Waals surface area (Å²) in [5.74, 6) is 0.801. The molecule has 90 valence electrons. The van der Waals surface area contributed by atoms with Gasteiger partial charge in [-0.15, -0.1) is 0 Å². The first-order chi connectivity index (χ1) is 7.58. The van der Waals surface area contributed by atoms with E-state index in [2.05, 4.69) is 36.8 Å². The zero-order valence-electron chi connectivity index (χ0n) is 10.4. The molecular weight excluding hydrogens is 238 g/mol. The van der Waals surface area contributed by atoms with Gasteiger partial charge in [-0.2, -0.15) is 5.10 Å². The predicted molar refractivity (Wildman–Crippen MR) is 74.8 cm³/mol. The molecule has 0 saturated carbocycles. The lowest BCUT2D eigenvalue weighted by Crippen LogP contribution is -2.27. The Bertz CT molecular complexity index is 356. The van der Waals surface area contributed by atoms with Gasteiger partial charge in [-0.1, -0.05) is 24.0 Å². The van der Waals surface area contributed by atoms with Crippen LogP contribution in [0.25, 0.3) is 0 Å². The minimum Gasteiger partial charge on any atom is -0.358 e. The molecule has 0 radical (unpaired) electrons. The van der Waals surface area contributed by atoms with Crippen LogP contribution in [0.2, 0.25) is 0 Å². The summed E-state index contributed by atoms with van der Waals surface area (Å²) >= 11 is 7.04. The number of nitrogens with zero attached hydrogens (tertiary/aromatic N) is 3. The number of thiocarbonyl (C=S) groups is 1. The fraction of sp³-hybridized carbons (Fsp3) is 0.636. The largest absolute Gasteiger partial charge is 0.358 e. The monoisotopic (exact) mass is 257 g/mol. The Kier molecular flexibility index (Phi) is 5.28. The van der Waals surface area contributed by atoms with Crippen LogP contribution in [0.1, 0.15) is 25.2 Å². The fourth-order valence-corrected chi connectivity index (χ4v) is 2.85. The summed E-state index contributed by atoms with van der Waals surface area (Å²) in [6.07, 6.45) is 0. The zero-order chi connectivity index (χ0) is 12.1. The zero-order valence-corrected chi connectivity index (χ0v) is 12.0. The third-order valence-corrected chi connectivity index (χ3v) is 3.93. The Morgan fingerprint density at radius 2 is 2.06 bits per heavy atom. The summed E-state index contributed by atoms with van der Waals surface area (Å²) in [6, 6.07) is 2.08. The Labute approximate surface area is 107 Å². The molecule has 0 aromatic carbocycles. The van der Waals surface area contributed by atoms with Crippen molar-refractivity contribution in [3.63, 3.8) is 0 Å². The van der Waals surface area contributed by atoms with Crippen molar-refractivity contribution in [1.29, 1.82) is 0 Å². The third-order valence-electron chi connectivity index (χ3n) is 2.44. The molecule has 1 heterocycles. The summed E-state index contributed by atoms with van der Waals surface area (Å²) in [4.78, 5) is 2.19. The molecular formula is C11H19N3S2. The van der Waals surface area contributed by atoms with Crippen LogP contribution in [0.3, 0.4) is 0 Å². The SMILES string of the molecule is CCN(CC)C(=S)SCn1nc(C)cc1C. The second-order valence-corrected chi connectivity index (χ2v) is 5.22. The molecule has 0 bridgehead atoms. The molecule has 0 aliphatic carbocycles. The van der Waals surface area contributed by atoms with Crippen LogP contribution in [0.5, 0.6) is 0 Å². The minimum atomic E-state index is 0.801. The van der Waals surface area contributed by atoms with Crippen LogP contribution in [-0.4, -0.2) is 32.1 Å². The highest BCUT2D eigenvalue weighted by molar-refractivity contribution is 8.22. The van der Waals surface area contributed by atoms with Crippen LogP contribution in [0, 0.1) is 13.8 Å². The van der Waals surface area contributed by atoms with Gasteiger partial charge >= 0.3 is 0 Å². The maximum atomic E-state index is 5.37. The van der Waals surface area contributed by atoms with Crippen molar-refractivity contribution in [3.8, 4) is 0 Å². The van der Waals surface area contributed by atoms with Gasteiger partial charge in [0.05, 0.1) is 11.6 Å². The molecule has 0 N–H and O–H groups in total. The van der Waals surface area contributed by atoms with E-state index in [0.717, 1.165) is 29.0 Å². The lowest BCUT2D eigenvalue weighted by atomic mass is 10.4. The van der Waals surface area contributed by atoms with Gasteiger partial charge in [-0.3, -0.25) is 4.68 Å². The van der Waals surface area contributed by atoms with E-state index in [1.807, 2.05) is 11.6 Å². The van der Waals surface area contributed by atoms with E-state index in [4.69, 9.17) is 12.2 Å². The first-order valence-electron chi connectivity index (χ1n) is 5.51. The van der Waals surface area contributed by atoms with Gasteiger partial charge in [0, 0.05) is 18.8 Å². The summed E-state index contributed by atoms with van der Waals surface area (Å²) < 4.78 is 2.95. The van der Waals surface area contributed by atoms with Crippen LogP contribution in [0.15, 0.2) is 6.07 Å². The van der Waals surface area contributed by atoms with Crippen molar-refractivity contribution in [3.05, 3.63) is 17.5 Å². The molecule has 0 unspecified atom stereocenters. The van der Waals surface area contributed by atoms with E-state index in [1.54, 1.807) is 11.8 Å². The van der Waals surface area contributed by atoms with E-state index < -0.39 is 0 Å². The first kappa shape index (κ1) is 13.5. The van der Waals surface area contributed by atoms with Crippen molar-refractivity contribution in [2.75, 3.05) is 13.1 Å². The Morgan fingerprint density at radius 3 is 2.50 bits per heavy atom. The normalized spacial score (nSPS) is 10.5. The van der Waals surface area contributed by atoms with Crippen LogP contribution in [0.4, 0.5) is 0 Å². The number of thioether (sulfide) groups is 1. The lowest BCUT2D eigenvalue weighted by molar-refractivity contribution is 0.482. The molecule has 0 atom stereocenters. The van der Waals surface area contributed by atoms with Crippen LogP contribution in [-0.2, 0) is 5.88 Å². The maximum Gasteiger partial charge on any atom is 0.138 e. The number of aromatic nitrogens is 2. The average molecular weight is 257 g/mol. The highest BCUT2D eigenvalue weighted by Crippen LogP contribution is 2.13. The molecule has 5 heteroatoms. The van der Waals surface area contributed by atoms with E-state index in [1.165, 1.54) is 5.69 Å². The predicted octanol–water partition coefficient (Wildman–Crippen LogP) is 2.82. The van der Waals surface area contributed by atoms with E-state index in [-0.39, 0.29) is 0 Å². The second-order valence-electron chi connectivity index (χ2n) is 3.64. The quantitative estimate of drug-likeness (QED) is 0.773. The molecule has 0 aliphatic heterocycles. The van der Waals surface area contributed by atoms with E-state index >= 15 is 0 Å². The Morgan fingerprint density at radius 1 is 1.44 bits per heavy atom. The summed E-state index contributed by atoms with van der Waals surface area (Å²) in [6.45, 7) is 10.3. The lowest BCUT2D eigenvalue weighted by Gasteiger charge is -2.20. The molecule has 0 aliphatic rings. The van der Waals surface area contributed by atoms with E-state index in [0.29, 0.717) is 0 Å². The number of hydrogen-bond donors (Lipinski definition) is 0. The Hall–Kier alpha value is -0.550. The first-order valence-corrected chi connectivity index (χ1v) is 6.90. The van der Waals surface area contributed by atoms with Crippen molar-refractivity contribution in [1.82, 2.24) is 14.7 Å². The summed E-state index contributed by atoms with van der Waals surface area (Å²) in [7, 11) is 0. The van der Waals surface area contributed by atoms with Crippen molar-refractivity contribution in [2.24, 2.45) is 0 Å². The fourth-order valence-electron chi connectivity index (χ4n) is 1.50. The number of rotatable bonds is 4. The topological polar surface area (TPSA) is 21.1 Å². The molecule has 1 aromatic rings. The molecule has 0 fully saturated rings. The highest BCUT2D eigenvalue weighted by atomic mass is 32.2. The molecule has 16 heavy (non-hydrogen) atoms. The molecule has 1 rings (SSSR count). The highest BCUT2D eigenvalue weighted by Gasteiger charge is 2.07. The molecule has 1 aromatic heterocycles. The second kappa shape index (κ2) is 6.25. The van der Waals surface area contributed by atoms with Gasteiger partial charge in [0.1, 0.15) is 4.32 Å². The van der Waals surface area contributed by atoms with Gasteiger partial charge in [0.25, 0.3) is 0 Å². The summed E-state index contributed by atoms with van der Waals surface area (Å²) in [5.41, 5.74) is 2.25. The van der Waals surface area contributed by atoms with Crippen LogP contribution >= 0.6 is 24.0 Å². The number of hydrogen-bond acceptors (Lipinski definition) is 3. The van der Waals surface area contributed by atoms with Gasteiger partial charge in [0.15, 0.2) is 0 Å². The standard InChI is InChI=1S/C11H19N3S2/c1-5-13(6-2)11(15)16-8-14-10(4)7-9(3)12-14/h7H,5-6,8H2,1-4H3. The maximum absolute atomic E-state index is 5.37. The molecule has 0 amide bonds. The Balaban J connectivity index is 2.51. The van der Waals surface area contributed by atoms with Gasteiger partial charge < -0.3 is 4.90 Å². The van der Waals surface area contributed by atoms with Gasteiger partial charge in [-0.05, 0) is 33.8 Å². The minimum absolute atomic E-state index is 0.801. The average Bonchev–Trinajstić information content (AvgIpc) is 2.56. The molecule has 0 spiro atoms. The molecule has 3 nitrogen and oxygen atoms in total.